The van der Waals surface area contributed by atoms with Crippen LogP contribution in [-0.4, -0.2) is 34.5 Å². The molecule has 0 saturated carbocycles. The molecule has 2 bridgehead atoms. The van der Waals surface area contributed by atoms with Crippen LogP contribution in [0.1, 0.15) is 31.7 Å². The second kappa shape index (κ2) is 6.93. The smallest absolute Gasteiger partial charge is 0.106 e. The first-order valence-corrected chi connectivity index (χ1v) is 9.59. The summed E-state index contributed by atoms with van der Waals surface area (Å²) in [4.78, 5) is 5.05. The van der Waals surface area contributed by atoms with Gasteiger partial charge in [-0.15, -0.1) is 11.8 Å². The number of halogens is 1. The summed E-state index contributed by atoms with van der Waals surface area (Å²) in [5.41, 5.74) is 4.74. The van der Waals surface area contributed by atoms with Crippen molar-refractivity contribution < 1.29 is 9.94 Å². The number of allylic oxidation sites excluding steroid dienone is 1. The second-order valence-corrected chi connectivity index (χ2v) is 8.35. The van der Waals surface area contributed by atoms with E-state index in [-0.39, 0.29) is 11.4 Å². The van der Waals surface area contributed by atoms with Crippen LogP contribution < -0.4 is 0 Å². The van der Waals surface area contributed by atoms with Gasteiger partial charge in [0.1, 0.15) is 7.11 Å². The molecule has 22 heavy (non-hydrogen) atoms. The van der Waals surface area contributed by atoms with Crippen LogP contribution in [0.2, 0.25) is 0 Å². The van der Waals surface area contributed by atoms with Gasteiger partial charge in [-0.3, -0.25) is 0 Å². The van der Waals surface area contributed by atoms with Gasteiger partial charge in [0.05, 0.1) is 17.1 Å². The van der Waals surface area contributed by atoms with Crippen molar-refractivity contribution in [2.45, 2.75) is 42.8 Å². The van der Waals surface area contributed by atoms with Gasteiger partial charge in [0, 0.05) is 8.82 Å². The van der Waals surface area contributed by atoms with Crippen molar-refractivity contribution in [2.75, 3.05) is 7.11 Å². The Balaban J connectivity index is 2.12. The van der Waals surface area contributed by atoms with Crippen LogP contribution in [0.15, 0.2) is 35.0 Å². The quantitative estimate of drug-likeness (QED) is 0.445. The van der Waals surface area contributed by atoms with Crippen molar-refractivity contribution in [3.05, 3.63) is 39.0 Å². The average Bonchev–Trinajstić information content (AvgIpc) is 2.81. The Morgan fingerprint density at radius 3 is 2.77 bits per heavy atom. The molecule has 3 rings (SSSR count). The first-order chi connectivity index (χ1) is 10.6. The molecule has 5 heteroatoms. The van der Waals surface area contributed by atoms with Crippen LogP contribution >= 0.6 is 34.4 Å². The number of hydrogen-bond donors (Lipinski definition) is 1. The summed E-state index contributed by atoms with van der Waals surface area (Å²) < 4.78 is 1.23. The predicted octanol–water partition coefficient (Wildman–Crippen LogP) is 4.10. The Morgan fingerprint density at radius 2 is 2.14 bits per heavy atom. The SMILES string of the molecule is CCC(=NOC)C1=C(c2ccc(I)cc2)CC2CC(O)[C@H]1S2. The number of aliphatic hydroxyl groups excluding tert-OH is 1. The van der Waals surface area contributed by atoms with Gasteiger partial charge in [-0.25, -0.2) is 0 Å². The third-order valence-corrected chi connectivity index (χ3v) is 6.58. The molecule has 1 saturated heterocycles. The van der Waals surface area contributed by atoms with Gasteiger partial charge in [-0.1, -0.05) is 24.2 Å². The molecule has 2 unspecified atom stereocenters. The number of fused-ring (bicyclic) bond motifs is 2. The van der Waals surface area contributed by atoms with Crippen LogP contribution in [0.5, 0.6) is 0 Å². The molecule has 0 aromatic heterocycles. The Morgan fingerprint density at radius 1 is 1.41 bits per heavy atom. The largest absolute Gasteiger partial charge is 0.399 e. The number of aliphatic hydroxyl groups is 1. The second-order valence-electron chi connectivity index (χ2n) is 5.66. The lowest BCUT2D eigenvalue weighted by atomic mass is 9.91. The average molecular weight is 429 g/mol. The zero-order chi connectivity index (χ0) is 15.7. The number of thioether (sulfide) groups is 1. The summed E-state index contributed by atoms with van der Waals surface area (Å²) in [5.74, 6) is 0. The molecule has 0 spiro atoms. The Bertz CT molecular complexity index is 612. The maximum Gasteiger partial charge on any atom is 0.106 e. The van der Waals surface area contributed by atoms with Crippen LogP contribution in [0.3, 0.4) is 0 Å². The van der Waals surface area contributed by atoms with E-state index in [1.807, 2.05) is 11.8 Å². The fourth-order valence-corrected chi connectivity index (χ4v) is 5.38. The van der Waals surface area contributed by atoms with Gasteiger partial charge >= 0.3 is 0 Å². The normalized spacial score (nSPS) is 28.2. The molecule has 3 nitrogen and oxygen atoms in total. The molecule has 3 atom stereocenters. The molecule has 2 heterocycles. The van der Waals surface area contributed by atoms with E-state index in [9.17, 15) is 5.11 Å². The minimum absolute atomic E-state index is 0.127. The van der Waals surface area contributed by atoms with E-state index in [0.717, 1.165) is 25.0 Å². The Hall–Kier alpha value is -0.530. The molecular weight excluding hydrogens is 409 g/mol. The molecule has 0 radical (unpaired) electrons. The van der Waals surface area contributed by atoms with Crippen LogP contribution in [0.25, 0.3) is 5.57 Å². The highest BCUT2D eigenvalue weighted by Crippen LogP contribution is 2.50. The fourth-order valence-electron chi connectivity index (χ4n) is 3.32. The minimum Gasteiger partial charge on any atom is -0.399 e. The predicted molar refractivity (Wildman–Crippen MR) is 101 cm³/mol. The number of hydrogen-bond acceptors (Lipinski definition) is 4. The monoisotopic (exact) mass is 429 g/mol. The highest BCUT2D eigenvalue weighted by atomic mass is 127. The summed E-state index contributed by atoms with van der Waals surface area (Å²) >= 11 is 4.22. The van der Waals surface area contributed by atoms with Crippen molar-refractivity contribution in [2.24, 2.45) is 5.16 Å². The number of nitrogens with zero attached hydrogens (tertiary/aromatic N) is 1. The number of benzene rings is 1. The van der Waals surface area contributed by atoms with Crippen LogP contribution in [-0.2, 0) is 4.84 Å². The van der Waals surface area contributed by atoms with E-state index in [4.69, 9.17) is 4.84 Å². The zero-order valence-electron chi connectivity index (χ0n) is 12.8. The van der Waals surface area contributed by atoms with Gasteiger partial charge in [0.25, 0.3) is 0 Å². The summed E-state index contributed by atoms with van der Waals surface area (Å²) in [7, 11) is 1.59. The van der Waals surface area contributed by atoms with E-state index in [2.05, 4.69) is 58.9 Å². The van der Waals surface area contributed by atoms with Crippen molar-refractivity contribution in [3.8, 4) is 0 Å². The molecule has 1 aromatic carbocycles. The van der Waals surface area contributed by atoms with Gasteiger partial charge in [-0.2, -0.15) is 0 Å². The molecule has 1 aromatic rings. The first-order valence-electron chi connectivity index (χ1n) is 7.57. The molecule has 1 fully saturated rings. The number of rotatable bonds is 4. The van der Waals surface area contributed by atoms with E-state index < -0.39 is 0 Å². The third kappa shape index (κ3) is 3.08. The summed E-state index contributed by atoms with van der Waals surface area (Å²) in [6.07, 6.45) is 2.40. The maximum absolute atomic E-state index is 10.4. The minimum atomic E-state index is -0.278. The highest BCUT2D eigenvalue weighted by molar-refractivity contribution is 14.1. The molecule has 2 aliphatic heterocycles. The summed E-state index contributed by atoms with van der Waals surface area (Å²) in [5, 5.41) is 15.3. The van der Waals surface area contributed by atoms with Crippen molar-refractivity contribution in [3.63, 3.8) is 0 Å². The van der Waals surface area contributed by atoms with Crippen molar-refractivity contribution in [1.82, 2.24) is 0 Å². The van der Waals surface area contributed by atoms with E-state index >= 15 is 0 Å². The Labute approximate surface area is 149 Å². The maximum atomic E-state index is 10.4. The van der Waals surface area contributed by atoms with Crippen LogP contribution in [0.4, 0.5) is 0 Å². The third-order valence-electron chi connectivity index (χ3n) is 4.27. The molecule has 1 N–H and O–H groups in total. The van der Waals surface area contributed by atoms with E-state index in [1.54, 1.807) is 7.11 Å². The lowest BCUT2D eigenvalue weighted by Crippen LogP contribution is -2.26. The Kier molecular flexibility index (Phi) is 5.14. The number of oxime groups is 1. The van der Waals surface area contributed by atoms with Crippen molar-refractivity contribution >= 4 is 45.6 Å². The van der Waals surface area contributed by atoms with Crippen LogP contribution in [0, 0.1) is 3.57 Å². The molecule has 2 aliphatic rings. The molecule has 0 aliphatic carbocycles. The van der Waals surface area contributed by atoms with E-state index in [0.29, 0.717) is 5.25 Å². The van der Waals surface area contributed by atoms with Crippen molar-refractivity contribution in [1.29, 1.82) is 0 Å². The first kappa shape index (κ1) is 16.3. The summed E-state index contributed by atoms with van der Waals surface area (Å²) in [6, 6.07) is 8.64. The van der Waals surface area contributed by atoms with Gasteiger partial charge < -0.3 is 9.94 Å². The fraction of sp³-hybridized carbons (Fsp3) is 0.471. The molecular formula is C17H20INO2S. The zero-order valence-corrected chi connectivity index (χ0v) is 15.7. The van der Waals surface area contributed by atoms with E-state index in [1.165, 1.54) is 20.3 Å². The lowest BCUT2D eigenvalue weighted by molar-refractivity contribution is 0.181. The van der Waals surface area contributed by atoms with Gasteiger partial charge in [-0.05, 0) is 70.7 Å². The summed E-state index contributed by atoms with van der Waals surface area (Å²) in [6.45, 7) is 2.09. The lowest BCUT2D eigenvalue weighted by Gasteiger charge is -2.27. The van der Waals surface area contributed by atoms with Gasteiger partial charge in [0.2, 0.25) is 0 Å². The highest BCUT2D eigenvalue weighted by Gasteiger charge is 2.43. The molecule has 118 valence electrons. The standard InChI is InChI=1S/C17H20INO2S/c1-3-14(19-21-2)16-13(10-4-6-11(18)7-5-10)8-12-9-15(20)17(16)22-12/h4-7,12,15,17,20H,3,8-9H2,1-2H3/t12?,15?,17-/m1/s1. The molecule has 0 amide bonds. The van der Waals surface area contributed by atoms with Gasteiger partial charge in [0.15, 0.2) is 0 Å². The topological polar surface area (TPSA) is 41.8 Å².